The van der Waals surface area contributed by atoms with Gasteiger partial charge >= 0.3 is 0 Å². The van der Waals surface area contributed by atoms with E-state index in [9.17, 15) is 9.50 Å². The minimum atomic E-state index is -0.991. The number of benzene rings is 1. The topological polar surface area (TPSA) is 25.2 Å². The molecule has 2 aromatic rings. The van der Waals surface area contributed by atoms with E-state index < -0.39 is 6.17 Å². The highest BCUT2D eigenvalue weighted by molar-refractivity contribution is 5.82. The maximum Gasteiger partial charge on any atom is 0.137 e. The average molecular weight is 193 g/mol. The molecule has 74 valence electrons. The normalized spacial score (nSPS) is 13.4. The molecular formula is C11H12FNO. The first-order valence-corrected chi connectivity index (χ1v) is 4.52. The number of fused-ring (bicyclic) bond motifs is 1. The molecule has 0 amide bonds. The summed E-state index contributed by atoms with van der Waals surface area (Å²) in [5.74, 6) is 0.209. The van der Waals surface area contributed by atoms with Crippen molar-refractivity contribution in [2.75, 3.05) is 0 Å². The Morgan fingerprint density at radius 2 is 2.07 bits per heavy atom. The number of phenols is 1. The van der Waals surface area contributed by atoms with Crippen LogP contribution >= 0.6 is 0 Å². The van der Waals surface area contributed by atoms with Crippen molar-refractivity contribution in [1.82, 2.24) is 4.57 Å². The van der Waals surface area contributed by atoms with Crippen molar-refractivity contribution in [1.29, 1.82) is 0 Å². The van der Waals surface area contributed by atoms with E-state index in [2.05, 4.69) is 0 Å². The van der Waals surface area contributed by atoms with Crippen LogP contribution in [-0.2, 0) is 7.05 Å². The van der Waals surface area contributed by atoms with Gasteiger partial charge in [0, 0.05) is 18.0 Å². The predicted octanol–water partition coefficient (Wildman–Crippen LogP) is 2.91. The molecule has 1 atom stereocenters. The van der Waals surface area contributed by atoms with Crippen LogP contribution in [-0.4, -0.2) is 9.67 Å². The Hall–Kier alpha value is -1.51. The zero-order valence-electron chi connectivity index (χ0n) is 8.16. The Bertz CT molecular complexity index is 473. The summed E-state index contributed by atoms with van der Waals surface area (Å²) >= 11 is 0. The molecule has 14 heavy (non-hydrogen) atoms. The van der Waals surface area contributed by atoms with E-state index in [1.807, 2.05) is 7.05 Å². The lowest BCUT2D eigenvalue weighted by molar-refractivity contribution is 0.359. The highest BCUT2D eigenvalue weighted by Crippen LogP contribution is 2.27. The van der Waals surface area contributed by atoms with Crippen molar-refractivity contribution in [2.24, 2.45) is 7.05 Å². The first-order valence-electron chi connectivity index (χ1n) is 4.52. The molecule has 1 N–H and O–H groups in total. The second-order valence-corrected chi connectivity index (χ2v) is 3.49. The summed E-state index contributed by atoms with van der Waals surface area (Å²) in [6.07, 6.45) is -0.991. The average Bonchev–Trinajstić information content (AvgIpc) is 2.43. The molecule has 0 aliphatic heterocycles. The van der Waals surface area contributed by atoms with Crippen molar-refractivity contribution >= 4 is 10.9 Å². The fourth-order valence-electron chi connectivity index (χ4n) is 1.74. The number of nitrogens with zero attached hydrogens (tertiary/aromatic N) is 1. The third kappa shape index (κ3) is 1.25. The molecular weight excluding hydrogens is 181 g/mol. The lowest BCUT2D eigenvalue weighted by Gasteiger charge is -2.03. The summed E-state index contributed by atoms with van der Waals surface area (Å²) < 4.78 is 15.0. The summed E-state index contributed by atoms with van der Waals surface area (Å²) in [4.78, 5) is 0. The van der Waals surface area contributed by atoms with E-state index in [4.69, 9.17) is 0 Å². The number of hydrogen-bond donors (Lipinski definition) is 1. The molecule has 0 saturated heterocycles. The van der Waals surface area contributed by atoms with Crippen LogP contribution in [0.5, 0.6) is 5.75 Å². The Morgan fingerprint density at radius 1 is 1.36 bits per heavy atom. The molecule has 0 fully saturated rings. The first kappa shape index (κ1) is 9.06. The van der Waals surface area contributed by atoms with Gasteiger partial charge < -0.3 is 9.67 Å². The van der Waals surface area contributed by atoms with Crippen molar-refractivity contribution in [3.63, 3.8) is 0 Å². The number of aromatic nitrogens is 1. The molecule has 0 aliphatic rings. The molecule has 0 aliphatic carbocycles. The maximum atomic E-state index is 13.1. The lowest BCUT2D eigenvalue weighted by atomic mass is 10.2. The van der Waals surface area contributed by atoms with Crippen molar-refractivity contribution in [2.45, 2.75) is 13.1 Å². The van der Waals surface area contributed by atoms with Crippen molar-refractivity contribution in [3.05, 3.63) is 30.0 Å². The number of aryl methyl sites for hydroxylation is 1. The minimum Gasteiger partial charge on any atom is -0.508 e. The van der Waals surface area contributed by atoms with Crippen LogP contribution in [0.3, 0.4) is 0 Å². The number of hydrogen-bond acceptors (Lipinski definition) is 1. The zero-order valence-corrected chi connectivity index (χ0v) is 8.16. The van der Waals surface area contributed by atoms with Gasteiger partial charge in [-0.25, -0.2) is 4.39 Å². The molecule has 3 heteroatoms. The van der Waals surface area contributed by atoms with E-state index >= 15 is 0 Å². The largest absolute Gasteiger partial charge is 0.508 e. The number of rotatable bonds is 1. The van der Waals surface area contributed by atoms with Crippen LogP contribution in [0, 0.1) is 0 Å². The van der Waals surface area contributed by atoms with Crippen molar-refractivity contribution < 1.29 is 9.50 Å². The van der Waals surface area contributed by atoms with Crippen LogP contribution in [0.1, 0.15) is 18.8 Å². The maximum absolute atomic E-state index is 13.1. The standard InChI is InChI=1S/C11H12FNO/c1-7(12)11-6-8-5-9(14)3-4-10(8)13(11)2/h3-7,14H,1-2H3. The van der Waals surface area contributed by atoms with Gasteiger partial charge in [0.2, 0.25) is 0 Å². The van der Waals surface area contributed by atoms with Crippen LogP contribution in [0.4, 0.5) is 4.39 Å². The number of aromatic hydroxyl groups is 1. The quantitative estimate of drug-likeness (QED) is 0.740. The molecule has 1 unspecified atom stereocenters. The SMILES string of the molecule is CC(F)c1cc2cc(O)ccc2n1C. The van der Waals surface area contributed by atoms with Gasteiger partial charge in [-0.3, -0.25) is 0 Å². The van der Waals surface area contributed by atoms with Gasteiger partial charge in [0.15, 0.2) is 0 Å². The zero-order chi connectivity index (χ0) is 10.3. The van der Waals surface area contributed by atoms with Crippen LogP contribution in [0.15, 0.2) is 24.3 Å². The molecule has 0 spiro atoms. The third-order valence-corrected chi connectivity index (χ3v) is 2.47. The molecule has 2 nitrogen and oxygen atoms in total. The molecule has 1 heterocycles. The fraction of sp³-hybridized carbons (Fsp3) is 0.273. The van der Waals surface area contributed by atoms with Gasteiger partial charge in [-0.05, 0) is 31.2 Å². The van der Waals surface area contributed by atoms with Gasteiger partial charge in [-0.2, -0.15) is 0 Å². The molecule has 0 bridgehead atoms. The lowest BCUT2D eigenvalue weighted by Crippen LogP contribution is -1.96. The molecule has 0 radical (unpaired) electrons. The summed E-state index contributed by atoms with van der Waals surface area (Å²) in [7, 11) is 1.82. The van der Waals surface area contributed by atoms with Gasteiger partial charge in [0.25, 0.3) is 0 Å². The van der Waals surface area contributed by atoms with E-state index in [0.29, 0.717) is 5.69 Å². The summed E-state index contributed by atoms with van der Waals surface area (Å²) in [5.41, 5.74) is 1.56. The van der Waals surface area contributed by atoms with Crippen LogP contribution in [0.2, 0.25) is 0 Å². The monoisotopic (exact) mass is 193 g/mol. The summed E-state index contributed by atoms with van der Waals surface area (Å²) in [5, 5.41) is 10.1. The second-order valence-electron chi connectivity index (χ2n) is 3.49. The van der Waals surface area contributed by atoms with Gasteiger partial charge in [-0.1, -0.05) is 0 Å². The van der Waals surface area contributed by atoms with Crippen LogP contribution in [0.25, 0.3) is 10.9 Å². The number of halogens is 1. The van der Waals surface area contributed by atoms with E-state index in [1.54, 1.807) is 28.8 Å². The van der Waals surface area contributed by atoms with E-state index in [-0.39, 0.29) is 5.75 Å². The van der Waals surface area contributed by atoms with E-state index in [0.717, 1.165) is 10.9 Å². The highest BCUT2D eigenvalue weighted by atomic mass is 19.1. The predicted molar refractivity (Wildman–Crippen MR) is 54.1 cm³/mol. The molecule has 1 aromatic carbocycles. The third-order valence-electron chi connectivity index (χ3n) is 2.47. The van der Waals surface area contributed by atoms with Gasteiger partial charge in [0.05, 0.1) is 5.69 Å². The highest BCUT2D eigenvalue weighted by Gasteiger charge is 2.11. The van der Waals surface area contributed by atoms with Crippen LogP contribution < -0.4 is 0 Å². The second kappa shape index (κ2) is 3.01. The molecule has 0 saturated carbocycles. The van der Waals surface area contributed by atoms with E-state index in [1.165, 1.54) is 6.92 Å². The molecule has 1 aromatic heterocycles. The Labute approximate surface area is 81.6 Å². The smallest absolute Gasteiger partial charge is 0.137 e. The number of phenolic OH excluding ortho intramolecular Hbond substituents is 1. The van der Waals surface area contributed by atoms with Gasteiger partial charge in [-0.15, -0.1) is 0 Å². The van der Waals surface area contributed by atoms with Gasteiger partial charge in [0.1, 0.15) is 11.9 Å². The Kier molecular flexibility index (Phi) is 1.95. The summed E-state index contributed by atoms with van der Waals surface area (Å²) in [6, 6.07) is 6.80. The fourth-order valence-corrected chi connectivity index (χ4v) is 1.74. The summed E-state index contributed by atoms with van der Waals surface area (Å²) in [6.45, 7) is 1.51. The van der Waals surface area contributed by atoms with Crippen molar-refractivity contribution in [3.8, 4) is 5.75 Å². The first-order chi connectivity index (χ1) is 6.59. The number of alkyl halides is 1. The Morgan fingerprint density at radius 3 is 2.71 bits per heavy atom. The Balaban J connectivity index is 2.73. The minimum absolute atomic E-state index is 0.209. The molecule has 2 rings (SSSR count).